The van der Waals surface area contributed by atoms with Crippen LogP contribution in [0.15, 0.2) is 29.2 Å². The molecule has 0 bridgehead atoms. The fourth-order valence-electron chi connectivity index (χ4n) is 3.04. The third-order valence-electron chi connectivity index (χ3n) is 4.26. The highest BCUT2D eigenvalue weighted by atomic mass is 16.2. The van der Waals surface area contributed by atoms with E-state index in [9.17, 15) is 9.59 Å². The van der Waals surface area contributed by atoms with Crippen LogP contribution in [0.4, 0.5) is 0 Å². The number of aromatic nitrogens is 3. The summed E-state index contributed by atoms with van der Waals surface area (Å²) in [5.41, 5.74) is 0.412. The van der Waals surface area contributed by atoms with Gasteiger partial charge >= 0.3 is 5.69 Å². The average molecular weight is 302 g/mol. The van der Waals surface area contributed by atoms with E-state index >= 15 is 0 Å². The van der Waals surface area contributed by atoms with E-state index in [1.165, 1.54) is 34.8 Å². The van der Waals surface area contributed by atoms with Crippen LogP contribution in [0.25, 0.3) is 5.65 Å². The van der Waals surface area contributed by atoms with Gasteiger partial charge < -0.3 is 5.32 Å². The van der Waals surface area contributed by atoms with E-state index in [4.69, 9.17) is 0 Å². The number of fused-ring (bicyclic) bond motifs is 1. The Kier molecular flexibility index (Phi) is 4.56. The van der Waals surface area contributed by atoms with E-state index in [-0.39, 0.29) is 11.6 Å². The van der Waals surface area contributed by atoms with Crippen molar-refractivity contribution in [2.75, 3.05) is 0 Å². The third-order valence-corrected chi connectivity index (χ3v) is 4.26. The number of rotatable bonds is 4. The molecule has 118 valence electrons. The minimum Gasteiger partial charge on any atom is -0.353 e. The van der Waals surface area contributed by atoms with Crippen LogP contribution in [0.1, 0.15) is 44.9 Å². The average Bonchev–Trinajstić information content (AvgIpc) is 2.69. The normalized spacial score (nSPS) is 16.5. The van der Waals surface area contributed by atoms with Gasteiger partial charge in [-0.05, 0) is 25.0 Å². The largest absolute Gasteiger partial charge is 0.353 e. The highest BCUT2D eigenvalue weighted by molar-refractivity contribution is 5.76. The summed E-state index contributed by atoms with van der Waals surface area (Å²) in [6, 6.07) is 5.71. The van der Waals surface area contributed by atoms with Gasteiger partial charge in [0, 0.05) is 18.7 Å². The molecule has 2 aromatic rings. The Morgan fingerprint density at radius 1 is 1.23 bits per heavy atom. The zero-order chi connectivity index (χ0) is 15.4. The van der Waals surface area contributed by atoms with Gasteiger partial charge in [0.1, 0.15) is 0 Å². The van der Waals surface area contributed by atoms with Crippen molar-refractivity contribution in [2.24, 2.45) is 0 Å². The maximum absolute atomic E-state index is 12.1. The lowest BCUT2D eigenvalue weighted by Gasteiger charge is -2.15. The highest BCUT2D eigenvalue weighted by Crippen LogP contribution is 2.17. The Labute approximate surface area is 129 Å². The standard InChI is InChI=1S/C16H22N4O2/c21-15(17-13-7-3-1-2-4-8-13)10-12-20-16(22)19-11-6-5-9-14(19)18-20/h5-6,9,11,13H,1-4,7-8,10,12H2,(H,17,21). The molecule has 0 aromatic carbocycles. The van der Waals surface area contributed by atoms with Crippen LogP contribution < -0.4 is 11.0 Å². The topological polar surface area (TPSA) is 68.4 Å². The predicted molar refractivity (Wildman–Crippen MR) is 83.7 cm³/mol. The lowest BCUT2D eigenvalue weighted by atomic mass is 10.1. The molecule has 2 heterocycles. The lowest BCUT2D eigenvalue weighted by molar-refractivity contribution is -0.122. The van der Waals surface area contributed by atoms with Crippen LogP contribution in [-0.4, -0.2) is 26.1 Å². The minimum absolute atomic E-state index is 0.0101. The first kappa shape index (κ1) is 14.8. The predicted octanol–water partition coefficient (Wildman–Crippen LogP) is 1.73. The molecule has 1 N–H and O–H groups in total. The van der Waals surface area contributed by atoms with Crippen molar-refractivity contribution in [1.29, 1.82) is 0 Å². The summed E-state index contributed by atoms with van der Waals surface area (Å²) in [5, 5.41) is 7.33. The quantitative estimate of drug-likeness (QED) is 0.874. The van der Waals surface area contributed by atoms with Crippen LogP contribution in [0, 0.1) is 0 Å². The molecule has 0 unspecified atom stereocenters. The SMILES string of the molecule is O=C(CCn1nc2ccccn2c1=O)NC1CCCCCC1. The number of carbonyl (C=O) groups excluding carboxylic acids is 1. The van der Waals surface area contributed by atoms with Crippen LogP contribution in [0.3, 0.4) is 0 Å². The number of hydrogen-bond acceptors (Lipinski definition) is 3. The first-order chi connectivity index (χ1) is 10.7. The summed E-state index contributed by atoms with van der Waals surface area (Å²) in [6.07, 6.45) is 9.03. The van der Waals surface area contributed by atoms with Gasteiger partial charge in [-0.15, -0.1) is 5.10 Å². The molecular formula is C16H22N4O2. The van der Waals surface area contributed by atoms with E-state index in [1.807, 2.05) is 6.07 Å². The Bertz CT molecular complexity index is 695. The molecule has 22 heavy (non-hydrogen) atoms. The maximum atomic E-state index is 12.1. The van der Waals surface area contributed by atoms with Crippen molar-refractivity contribution >= 4 is 11.6 Å². The van der Waals surface area contributed by atoms with Gasteiger partial charge in [-0.2, -0.15) is 0 Å². The zero-order valence-corrected chi connectivity index (χ0v) is 12.7. The number of pyridine rings is 1. The molecule has 0 radical (unpaired) electrons. The maximum Gasteiger partial charge on any atom is 0.350 e. The molecule has 0 atom stereocenters. The number of carbonyl (C=O) groups is 1. The van der Waals surface area contributed by atoms with Crippen LogP contribution >= 0.6 is 0 Å². The van der Waals surface area contributed by atoms with Gasteiger partial charge in [-0.25, -0.2) is 9.48 Å². The third kappa shape index (κ3) is 3.37. The van der Waals surface area contributed by atoms with E-state index in [1.54, 1.807) is 18.3 Å². The minimum atomic E-state index is -0.196. The molecule has 3 rings (SSSR count). The molecule has 1 aliphatic carbocycles. The van der Waals surface area contributed by atoms with Crippen molar-refractivity contribution in [2.45, 2.75) is 57.5 Å². The van der Waals surface area contributed by atoms with Crippen LogP contribution in [0.2, 0.25) is 0 Å². The Hall–Kier alpha value is -2.11. The number of hydrogen-bond donors (Lipinski definition) is 1. The van der Waals surface area contributed by atoms with E-state index in [0.29, 0.717) is 24.7 Å². The van der Waals surface area contributed by atoms with Crippen molar-refractivity contribution in [3.63, 3.8) is 0 Å². The second-order valence-corrected chi connectivity index (χ2v) is 5.94. The molecule has 0 aliphatic heterocycles. The van der Waals surface area contributed by atoms with E-state index in [2.05, 4.69) is 10.4 Å². The first-order valence-electron chi connectivity index (χ1n) is 8.07. The Morgan fingerprint density at radius 3 is 2.73 bits per heavy atom. The summed E-state index contributed by atoms with van der Waals surface area (Å²) in [7, 11) is 0. The van der Waals surface area contributed by atoms with Gasteiger partial charge in [0.2, 0.25) is 5.91 Å². The van der Waals surface area contributed by atoms with Gasteiger partial charge in [-0.1, -0.05) is 31.7 Å². The van der Waals surface area contributed by atoms with Gasteiger partial charge in [0.15, 0.2) is 5.65 Å². The second-order valence-electron chi connectivity index (χ2n) is 5.94. The van der Waals surface area contributed by atoms with Gasteiger partial charge in [0.25, 0.3) is 0 Å². The highest BCUT2D eigenvalue weighted by Gasteiger charge is 2.15. The monoisotopic (exact) mass is 302 g/mol. The first-order valence-corrected chi connectivity index (χ1v) is 8.07. The summed E-state index contributed by atoms with van der Waals surface area (Å²) in [6.45, 7) is 0.319. The van der Waals surface area contributed by atoms with Crippen molar-refractivity contribution < 1.29 is 4.79 Å². The van der Waals surface area contributed by atoms with Crippen molar-refractivity contribution in [3.05, 3.63) is 34.9 Å². The molecule has 1 fully saturated rings. The van der Waals surface area contributed by atoms with Crippen LogP contribution in [-0.2, 0) is 11.3 Å². The van der Waals surface area contributed by atoms with E-state index < -0.39 is 0 Å². The molecule has 6 nitrogen and oxygen atoms in total. The molecule has 0 saturated heterocycles. The Morgan fingerprint density at radius 2 is 2.00 bits per heavy atom. The molecule has 6 heteroatoms. The van der Waals surface area contributed by atoms with Crippen molar-refractivity contribution in [3.8, 4) is 0 Å². The van der Waals surface area contributed by atoms with Gasteiger partial charge in [-0.3, -0.25) is 9.20 Å². The fraction of sp³-hybridized carbons (Fsp3) is 0.562. The van der Waals surface area contributed by atoms with Crippen molar-refractivity contribution in [1.82, 2.24) is 19.5 Å². The molecule has 0 spiro atoms. The number of nitrogens with one attached hydrogen (secondary N) is 1. The van der Waals surface area contributed by atoms with Crippen LogP contribution in [0.5, 0.6) is 0 Å². The van der Waals surface area contributed by atoms with E-state index in [0.717, 1.165) is 12.8 Å². The Balaban J connectivity index is 1.57. The molecule has 1 aliphatic rings. The summed E-state index contributed by atoms with van der Waals surface area (Å²) in [4.78, 5) is 24.2. The zero-order valence-electron chi connectivity index (χ0n) is 12.7. The number of nitrogens with zero attached hydrogens (tertiary/aromatic N) is 3. The fourth-order valence-corrected chi connectivity index (χ4v) is 3.04. The number of amides is 1. The van der Waals surface area contributed by atoms with Gasteiger partial charge in [0.05, 0.1) is 6.54 Å². The lowest BCUT2D eigenvalue weighted by Crippen LogP contribution is -2.35. The molecule has 2 aromatic heterocycles. The summed E-state index contributed by atoms with van der Waals surface area (Å²) < 4.78 is 2.85. The molecule has 1 saturated carbocycles. The second kappa shape index (κ2) is 6.77. The molecular weight excluding hydrogens is 280 g/mol. The smallest absolute Gasteiger partial charge is 0.350 e. The molecule has 1 amide bonds. The summed E-state index contributed by atoms with van der Waals surface area (Å²) in [5.74, 6) is 0.0101. The summed E-state index contributed by atoms with van der Waals surface area (Å²) >= 11 is 0. The number of aryl methyl sites for hydroxylation is 1.